The lowest BCUT2D eigenvalue weighted by Crippen LogP contribution is -2.25. The van der Waals surface area contributed by atoms with Gasteiger partial charge in [-0.15, -0.1) is 12.3 Å². The van der Waals surface area contributed by atoms with E-state index in [0.717, 1.165) is 24.9 Å². The van der Waals surface area contributed by atoms with Crippen molar-refractivity contribution in [1.82, 2.24) is 15.1 Å². The number of carbonyl (C=O) groups is 1. The molecule has 0 aliphatic heterocycles. The Hall–Kier alpha value is -2.74. The Morgan fingerprint density at radius 3 is 3.00 bits per heavy atom. The van der Waals surface area contributed by atoms with Crippen LogP contribution in [0.15, 0.2) is 36.5 Å². The molecule has 5 heteroatoms. The number of rotatable bonds is 6. The van der Waals surface area contributed by atoms with Gasteiger partial charge in [0.25, 0.3) is 5.91 Å². The van der Waals surface area contributed by atoms with E-state index in [2.05, 4.69) is 16.3 Å². The number of unbranched alkanes of at least 4 members (excludes halogenated alkanes) is 2. The highest BCUT2D eigenvalue weighted by Crippen LogP contribution is 2.11. The van der Waals surface area contributed by atoms with Crippen molar-refractivity contribution >= 4 is 11.6 Å². The topological polar surface area (TPSA) is 72.9 Å². The van der Waals surface area contributed by atoms with Crippen LogP contribution in [0.2, 0.25) is 0 Å². The van der Waals surface area contributed by atoms with E-state index in [1.54, 1.807) is 29.1 Å². The van der Waals surface area contributed by atoms with Gasteiger partial charge in [0.15, 0.2) is 5.69 Å². The molecule has 0 fully saturated rings. The minimum atomic E-state index is -0.182. The molecular formula is C16H18N4O. The number of nitrogens with one attached hydrogen (secondary N) is 1. The first-order valence-electron chi connectivity index (χ1n) is 6.84. The molecule has 1 heterocycles. The van der Waals surface area contributed by atoms with E-state index in [1.807, 2.05) is 12.1 Å². The predicted octanol–water partition coefficient (Wildman–Crippen LogP) is 1.99. The molecule has 2 rings (SSSR count). The van der Waals surface area contributed by atoms with Gasteiger partial charge in [0, 0.05) is 24.8 Å². The average Bonchev–Trinajstić information content (AvgIpc) is 2.97. The number of hydrogen-bond donors (Lipinski definition) is 2. The first-order valence-corrected chi connectivity index (χ1v) is 6.84. The van der Waals surface area contributed by atoms with E-state index in [-0.39, 0.29) is 5.91 Å². The molecule has 108 valence electrons. The lowest BCUT2D eigenvalue weighted by atomic mass is 10.2. The Morgan fingerprint density at radius 1 is 1.38 bits per heavy atom. The fraction of sp³-hybridized carbons (Fsp3) is 0.250. The normalized spacial score (nSPS) is 10.0. The molecule has 0 saturated carbocycles. The highest BCUT2D eigenvalue weighted by molar-refractivity contribution is 5.92. The summed E-state index contributed by atoms with van der Waals surface area (Å²) in [6.07, 6.45) is 9.42. The Balaban J connectivity index is 1.93. The van der Waals surface area contributed by atoms with Crippen LogP contribution in [-0.4, -0.2) is 22.2 Å². The first-order chi connectivity index (χ1) is 10.2. The third-order valence-corrected chi connectivity index (χ3v) is 2.99. The number of terminal acetylenes is 1. The third-order valence-electron chi connectivity index (χ3n) is 2.99. The summed E-state index contributed by atoms with van der Waals surface area (Å²) in [6.45, 7) is 0.603. The fourth-order valence-electron chi connectivity index (χ4n) is 1.90. The molecule has 0 radical (unpaired) electrons. The van der Waals surface area contributed by atoms with Crippen LogP contribution in [0.3, 0.4) is 0 Å². The largest absolute Gasteiger partial charge is 0.399 e. The van der Waals surface area contributed by atoms with Crippen molar-refractivity contribution in [3.05, 3.63) is 42.2 Å². The van der Waals surface area contributed by atoms with Gasteiger partial charge in [0.2, 0.25) is 0 Å². The molecule has 0 aliphatic rings. The van der Waals surface area contributed by atoms with Gasteiger partial charge in [0.05, 0.1) is 5.69 Å². The number of nitrogen functional groups attached to an aromatic ring is 1. The number of carbonyl (C=O) groups excluding carboxylic acids is 1. The summed E-state index contributed by atoms with van der Waals surface area (Å²) < 4.78 is 1.63. The van der Waals surface area contributed by atoms with Crippen LogP contribution in [0.5, 0.6) is 0 Å². The fourth-order valence-corrected chi connectivity index (χ4v) is 1.90. The van der Waals surface area contributed by atoms with Gasteiger partial charge >= 0.3 is 0 Å². The van der Waals surface area contributed by atoms with Gasteiger partial charge in [-0.1, -0.05) is 6.07 Å². The van der Waals surface area contributed by atoms with Crippen molar-refractivity contribution in [2.24, 2.45) is 0 Å². The molecule has 3 N–H and O–H groups in total. The molecule has 21 heavy (non-hydrogen) atoms. The van der Waals surface area contributed by atoms with Crippen LogP contribution in [0, 0.1) is 12.3 Å². The van der Waals surface area contributed by atoms with Crippen molar-refractivity contribution < 1.29 is 4.79 Å². The molecular weight excluding hydrogens is 264 g/mol. The van der Waals surface area contributed by atoms with Crippen LogP contribution in [0.4, 0.5) is 5.69 Å². The standard InChI is InChI=1S/C16H18N4O/c1-2-3-4-5-10-18-16(21)15-9-11-20(19-15)14-8-6-7-13(17)12-14/h1,6-9,11-12H,3-5,10,17H2,(H,18,21). The summed E-state index contributed by atoms with van der Waals surface area (Å²) in [7, 11) is 0. The van der Waals surface area contributed by atoms with Crippen molar-refractivity contribution in [3.63, 3.8) is 0 Å². The van der Waals surface area contributed by atoms with Gasteiger partial charge in [-0.25, -0.2) is 4.68 Å². The van der Waals surface area contributed by atoms with Crippen molar-refractivity contribution in [2.45, 2.75) is 19.3 Å². The van der Waals surface area contributed by atoms with Crippen molar-refractivity contribution in [2.75, 3.05) is 12.3 Å². The minimum Gasteiger partial charge on any atom is -0.399 e. The van der Waals surface area contributed by atoms with E-state index < -0.39 is 0 Å². The van der Waals surface area contributed by atoms with Gasteiger partial charge in [-0.3, -0.25) is 4.79 Å². The number of anilines is 1. The van der Waals surface area contributed by atoms with Crippen LogP contribution < -0.4 is 11.1 Å². The summed E-state index contributed by atoms with van der Waals surface area (Å²) in [6, 6.07) is 9.01. The monoisotopic (exact) mass is 282 g/mol. The summed E-state index contributed by atoms with van der Waals surface area (Å²) >= 11 is 0. The van der Waals surface area contributed by atoms with Crippen LogP contribution in [0.25, 0.3) is 5.69 Å². The van der Waals surface area contributed by atoms with Crippen LogP contribution in [0.1, 0.15) is 29.8 Å². The number of benzene rings is 1. The zero-order chi connectivity index (χ0) is 15.1. The third kappa shape index (κ3) is 4.11. The summed E-state index contributed by atoms with van der Waals surface area (Å²) in [5.74, 6) is 2.39. The highest BCUT2D eigenvalue weighted by atomic mass is 16.1. The SMILES string of the molecule is C#CCCCCNC(=O)c1ccn(-c2cccc(N)c2)n1. The number of nitrogens with zero attached hydrogens (tertiary/aromatic N) is 2. The summed E-state index contributed by atoms with van der Waals surface area (Å²) in [5, 5.41) is 7.08. The zero-order valence-corrected chi connectivity index (χ0v) is 11.7. The molecule has 2 aromatic rings. The van der Waals surface area contributed by atoms with Crippen LogP contribution >= 0.6 is 0 Å². The molecule has 0 saturated heterocycles. The Morgan fingerprint density at radius 2 is 2.24 bits per heavy atom. The highest BCUT2D eigenvalue weighted by Gasteiger charge is 2.09. The van der Waals surface area contributed by atoms with Crippen LogP contribution in [-0.2, 0) is 0 Å². The number of aromatic nitrogens is 2. The number of hydrogen-bond acceptors (Lipinski definition) is 3. The summed E-state index contributed by atoms with van der Waals surface area (Å²) in [4.78, 5) is 11.9. The van der Waals surface area contributed by atoms with E-state index in [4.69, 9.17) is 12.2 Å². The maximum absolute atomic E-state index is 11.9. The molecule has 1 aromatic heterocycles. The lowest BCUT2D eigenvalue weighted by Gasteiger charge is -2.03. The van der Waals surface area contributed by atoms with Gasteiger partial charge in [-0.2, -0.15) is 5.10 Å². The number of nitrogens with two attached hydrogens (primary N) is 1. The Bertz CT molecular complexity index is 654. The molecule has 5 nitrogen and oxygen atoms in total. The van der Waals surface area contributed by atoms with E-state index >= 15 is 0 Å². The lowest BCUT2D eigenvalue weighted by molar-refractivity contribution is 0.0947. The quantitative estimate of drug-likeness (QED) is 0.483. The van der Waals surface area contributed by atoms with Gasteiger partial charge < -0.3 is 11.1 Å². The molecule has 1 amide bonds. The smallest absolute Gasteiger partial charge is 0.271 e. The van der Waals surface area contributed by atoms with E-state index in [0.29, 0.717) is 17.9 Å². The van der Waals surface area contributed by atoms with Crippen molar-refractivity contribution in [1.29, 1.82) is 0 Å². The predicted molar refractivity (Wildman–Crippen MR) is 83.0 cm³/mol. The van der Waals surface area contributed by atoms with E-state index in [1.165, 1.54) is 0 Å². The molecule has 0 spiro atoms. The first kappa shape index (κ1) is 14.7. The molecule has 1 aromatic carbocycles. The van der Waals surface area contributed by atoms with E-state index in [9.17, 15) is 4.79 Å². The Kier molecular flexibility index (Phi) is 4.99. The van der Waals surface area contributed by atoms with Gasteiger partial charge in [-0.05, 0) is 37.1 Å². The second kappa shape index (κ2) is 7.15. The average molecular weight is 282 g/mol. The Labute approximate surface area is 124 Å². The second-order valence-corrected chi connectivity index (χ2v) is 4.66. The zero-order valence-electron chi connectivity index (χ0n) is 11.7. The molecule has 0 aliphatic carbocycles. The molecule has 0 unspecified atom stereocenters. The second-order valence-electron chi connectivity index (χ2n) is 4.66. The summed E-state index contributed by atoms with van der Waals surface area (Å²) in [5.41, 5.74) is 7.59. The molecule has 0 atom stereocenters. The molecule has 0 bridgehead atoms. The van der Waals surface area contributed by atoms with Crippen molar-refractivity contribution in [3.8, 4) is 18.0 Å². The number of amides is 1. The maximum Gasteiger partial charge on any atom is 0.271 e. The minimum absolute atomic E-state index is 0.182. The van der Waals surface area contributed by atoms with Gasteiger partial charge in [0.1, 0.15) is 0 Å². The maximum atomic E-state index is 11.9.